The Balaban J connectivity index is 1.77. The van der Waals surface area contributed by atoms with Crippen LogP contribution in [0.1, 0.15) is 113 Å². The highest BCUT2D eigenvalue weighted by Crippen LogP contribution is 2.62. The van der Waals surface area contributed by atoms with E-state index >= 15 is 0 Å². The molecule has 4 heteroatoms. The molecule has 5 rings (SSSR count). The Morgan fingerprint density at radius 1 is 0.900 bits per heavy atom. The molecule has 0 amide bonds. The van der Waals surface area contributed by atoms with Gasteiger partial charge in [0.05, 0.1) is 0 Å². The Morgan fingerprint density at radius 2 is 1.57 bits per heavy atom. The number of carbonyl (C=O) groups is 2. The Labute approximate surface area is 179 Å². The topological polar surface area (TPSA) is 52.6 Å². The number of carbonyl (C=O) groups excluding carboxylic acids is 2. The van der Waals surface area contributed by atoms with E-state index in [2.05, 4.69) is 34.6 Å². The molecule has 1 heterocycles. The van der Waals surface area contributed by atoms with Gasteiger partial charge in [-0.15, -0.1) is 0 Å². The van der Waals surface area contributed by atoms with Crippen LogP contribution in [0.5, 0.6) is 11.5 Å². The second-order valence-corrected chi connectivity index (χ2v) is 11.3. The summed E-state index contributed by atoms with van der Waals surface area (Å²) >= 11 is 0. The number of hydrogen-bond acceptors (Lipinski definition) is 4. The zero-order chi connectivity index (χ0) is 21.5. The average Bonchev–Trinajstić information content (AvgIpc) is 3.02. The van der Waals surface area contributed by atoms with Crippen molar-refractivity contribution in [3.05, 3.63) is 22.8 Å². The van der Waals surface area contributed by atoms with Crippen LogP contribution >= 0.6 is 0 Å². The van der Waals surface area contributed by atoms with Crippen molar-refractivity contribution in [3.8, 4) is 11.5 Å². The molecule has 1 spiro atoms. The lowest BCUT2D eigenvalue weighted by Gasteiger charge is -2.52. The summed E-state index contributed by atoms with van der Waals surface area (Å²) in [5.41, 5.74) is 1.90. The highest BCUT2D eigenvalue weighted by Gasteiger charge is 2.60. The van der Waals surface area contributed by atoms with Crippen LogP contribution in [-0.4, -0.2) is 17.4 Å². The van der Waals surface area contributed by atoms with Gasteiger partial charge in [-0.1, -0.05) is 47.5 Å². The number of Topliss-reactive ketones (excluding diaryl/α,β-unsaturated/α-hetero) is 2. The Hall–Kier alpha value is -1.84. The van der Waals surface area contributed by atoms with E-state index in [1.165, 1.54) is 6.42 Å². The molecule has 2 fully saturated rings. The monoisotopic (exact) mass is 410 g/mol. The van der Waals surface area contributed by atoms with Crippen LogP contribution in [0.4, 0.5) is 0 Å². The van der Waals surface area contributed by atoms with Gasteiger partial charge < -0.3 is 9.47 Å². The van der Waals surface area contributed by atoms with Crippen molar-refractivity contribution in [1.29, 1.82) is 0 Å². The van der Waals surface area contributed by atoms with Crippen LogP contribution in [0.25, 0.3) is 0 Å². The number of ketones is 2. The standard InChI is InChI=1S/C26H34O4/c1-15(2)16-14-17-18(22-21(16)29-26(30-22)12-7-6-8-13-26)25(5)11-9-10-24(3,4)23(25)20(28)19(17)27/h14-15,23H,6-13H2,1-5H3/t23-,25-/m1/s1. The van der Waals surface area contributed by atoms with Gasteiger partial charge in [0.25, 0.3) is 5.79 Å². The highest BCUT2D eigenvalue weighted by atomic mass is 16.7. The molecule has 2 saturated carbocycles. The van der Waals surface area contributed by atoms with E-state index < -0.39 is 11.2 Å². The van der Waals surface area contributed by atoms with Crippen LogP contribution in [-0.2, 0) is 10.2 Å². The van der Waals surface area contributed by atoms with Gasteiger partial charge in [0.2, 0.25) is 11.6 Å². The zero-order valence-electron chi connectivity index (χ0n) is 19.0. The first-order valence-electron chi connectivity index (χ1n) is 11.8. The molecular formula is C26H34O4. The van der Waals surface area contributed by atoms with Crippen LogP contribution in [0, 0.1) is 11.3 Å². The van der Waals surface area contributed by atoms with Gasteiger partial charge in [0.15, 0.2) is 11.5 Å². The number of benzene rings is 1. The van der Waals surface area contributed by atoms with Gasteiger partial charge in [0, 0.05) is 40.9 Å². The largest absolute Gasteiger partial charge is 0.448 e. The number of ether oxygens (including phenoxy) is 2. The van der Waals surface area contributed by atoms with Crippen molar-refractivity contribution in [1.82, 2.24) is 0 Å². The van der Waals surface area contributed by atoms with Gasteiger partial charge in [0.1, 0.15) is 0 Å². The summed E-state index contributed by atoms with van der Waals surface area (Å²) in [6.07, 6.45) is 8.08. The normalized spacial score (nSPS) is 31.1. The average molecular weight is 411 g/mol. The maximum atomic E-state index is 13.4. The third-order valence-corrected chi connectivity index (χ3v) is 8.32. The van der Waals surface area contributed by atoms with Crippen molar-refractivity contribution in [2.24, 2.45) is 11.3 Å². The lowest BCUT2D eigenvalue weighted by molar-refractivity contribution is -0.128. The van der Waals surface area contributed by atoms with Crippen molar-refractivity contribution in [2.75, 3.05) is 0 Å². The molecule has 0 unspecified atom stereocenters. The molecular weight excluding hydrogens is 376 g/mol. The molecule has 0 saturated heterocycles. The molecule has 4 nitrogen and oxygen atoms in total. The van der Waals surface area contributed by atoms with Gasteiger partial charge in [-0.25, -0.2) is 0 Å². The number of fused-ring (bicyclic) bond motifs is 5. The lowest BCUT2D eigenvalue weighted by atomic mass is 9.49. The highest BCUT2D eigenvalue weighted by molar-refractivity contribution is 6.46. The minimum Gasteiger partial charge on any atom is -0.448 e. The van der Waals surface area contributed by atoms with Crippen molar-refractivity contribution >= 4 is 11.6 Å². The predicted octanol–water partition coefficient (Wildman–Crippen LogP) is 6.09. The zero-order valence-corrected chi connectivity index (χ0v) is 19.0. The smallest absolute Gasteiger partial charge is 0.251 e. The second kappa shape index (κ2) is 6.34. The minimum atomic E-state index is -0.597. The molecule has 0 bridgehead atoms. The molecule has 30 heavy (non-hydrogen) atoms. The predicted molar refractivity (Wildman–Crippen MR) is 115 cm³/mol. The second-order valence-electron chi connectivity index (χ2n) is 11.3. The van der Waals surface area contributed by atoms with Gasteiger partial charge >= 0.3 is 0 Å². The van der Waals surface area contributed by atoms with Gasteiger partial charge in [-0.2, -0.15) is 0 Å². The van der Waals surface area contributed by atoms with Crippen LogP contribution in [0.15, 0.2) is 6.07 Å². The van der Waals surface area contributed by atoms with Crippen molar-refractivity contribution in [3.63, 3.8) is 0 Å². The SMILES string of the molecule is CC(C)c1cc2c(c3c1OC1(CCCCC1)O3)[C@@]1(C)CCCC(C)(C)[C@H]1C(=O)C2=O. The molecule has 0 N–H and O–H groups in total. The van der Waals surface area contributed by atoms with Crippen molar-refractivity contribution in [2.45, 2.75) is 103 Å². The first-order chi connectivity index (χ1) is 14.1. The van der Waals surface area contributed by atoms with E-state index in [1.807, 2.05) is 6.07 Å². The fourth-order valence-corrected chi connectivity index (χ4v) is 6.96. The van der Waals surface area contributed by atoms with Gasteiger partial charge in [-0.05, 0) is 43.1 Å². The summed E-state index contributed by atoms with van der Waals surface area (Å²) in [4.78, 5) is 26.8. The van der Waals surface area contributed by atoms with Crippen LogP contribution < -0.4 is 9.47 Å². The summed E-state index contributed by atoms with van der Waals surface area (Å²) in [5.74, 6) is 0.332. The molecule has 1 aromatic rings. The van der Waals surface area contributed by atoms with Crippen molar-refractivity contribution < 1.29 is 19.1 Å². The quantitative estimate of drug-likeness (QED) is 0.526. The first-order valence-corrected chi connectivity index (χ1v) is 11.8. The molecule has 4 aliphatic rings. The van der Waals surface area contributed by atoms with E-state index in [9.17, 15) is 9.59 Å². The number of rotatable bonds is 1. The summed E-state index contributed by atoms with van der Waals surface area (Å²) in [7, 11) is 0. The summed E-state index contributed by atoms with van der Waals surface area (Å²) < 4.78 is 13.3. The maximum absolute atomic E-state index is 13.4. The fraction of sp³-hybridized carbons (Fsp3) is 0.692. The first kappa shape index (κ1) is 20.1. The van der Waals surface area contributed by atoms with Crippen LogP contribution in [0.3, 0.4) is 0 Å². The Bertz CT molecular complexity index is 935. The fourth-order valence-electron chi connectivity index (χ4n) is 6.96. The molecule has 0 radical (unpaired) electrons. The molecule has 1 aromatic carbocycles. The maximum Gasteiger partial charge on any atom is 0.251 e. The van der Waals surface area contributed by atoms with E-state index in [4.69, 9.17) is 9.47 Å². The molecule has 0 aromatic heterocycles. The number of hydrogen-bond donors (Lipinski definition) is 0. The van der Waals surface area contributed by atoms with E-state index in [1.54, 1.807) is 0 Å². The lowest BCUT2D eigenvalue weighted by Crippen LogP contribution is -2.55. The molecule has 3 aliphatic carbocycles. The van der Waals surface area contributed by atoms with E-state index in [0.29, 0.717) is 5.56 Å². The van der Waals surface area contributed by atoms with Gasteiger partial charge in [-0.3, -0.25) is 9.59 Å². The third kappa shape index (κ3) is 2.58. The summed E-state index contributed by atoms with van der Waals surface area (Å²) in [6.45, 7) is 10.7. The summed E-state index contributed by atoms with van der Waals surface area (Å²) in [6, 6.07) is 1.95. The molecule has 1 aliphatic heterocycles. The Kier molecular flexibility index (Phi) is 4.24. The molecule has 2 atom stereocenters. The molecule has 162 valence electrons. The summed E-state index contributed by atoms with van der Waals surface area (Å²) in [5, 5.41) is 0. The van der Waals surface area contributed by atoms with E-state index in [-0.39, 0.29) is 28.8 Å². The van der Waals surface area contributed by atoms with Crippen LogP contribution in [0.2, 0.25) is 0 Å². The third-order valence-electron chi connectivity index (χ3n) is 8.32. The Morgan fingerprint density at radius 3 is 2.23 bits per heavy atom. The van der Waals surface area contributed by atoms with E-state index in [0.717, 1.165) is 67.6 Å². The minimum absolute atomic E-state index is 0.183.